The van der Waals surface area contributed by atoms with Gasteiger partial charge in [-0.15, -0.1) is 12.4 Å². The van der Waals surface area contributed by atoms with Crippen LogP contribution in [0.5, 0.6) is 5.75 Å². The van der Waals surface area contributed by atoms with Gasteiger partial charge in [0.2, 0.25) is 5.91 Å². The molecule has 0 fully saturated rings. The van der Waals surface area contributed by atoms with Gasteiger partial charge in [-0.25, -0.2) is 0 Å². The molecule has 0 heterocycles. The van der Waals surface area contributed by atoms with Crippen molar-refractivity contribution in [2.24, 2.45) is 0 Å². The SMILES string of the molecule is CNCCCC(=O)Nc1cccc(-c2ccccc2OC)c1.Cl. The maximum Gasteiger partial charge on any atom is 0.224 e. The van der Waals surface area contributed by atoms with E-state index in [1.807, 2.05) is 55.6 Å². The lowest BCUT2D eigenvalue weighted by Gasteiger charge is -2.10. The summed E-state index contributed by atoms with van der Waals surface area (Å²) < 4.78 is 5.39. The van der Waals surface area contributed by atoms with Crippen LogP contribution in [0.15, 0.2) is 48.5 Å². The standard InChI is InChI=1S/C18H22N2O2.ClH/c1-19-12-6-11-18(21)20-15-8-5-7-14(13-15)16-9-3-4-10-17(16)22-2;/h3-5,7-10,13,19H,6,11-12H2,1-2H3,(H,20,21);1H. The summed E-state index contributed by atoms with van der Waals surface area (Å²) in [4.78, 5) is 11.9. The average molecular weight is 335 g/mol. The third-order valence-corrected chi connectivity index (χ3v) is 3.39. The summed E-state index contributed by atoms with van der Waals surface area (Å²) in [5.74, 6) is 0.854. The number of carbonyl (C=O) groups is 1. The zero-order chi connectivity index (χ0) is 15.8. The first-order valence-electron chi connectivity index (χ1n) is 7.42. The Morgan fingerprint density at radius 1 is 1.13 bits per heavy atom. The zero-order valence-corrected chi connectivity index (χ0v) is 14.3. The Kier molecular flexibility index (Phi) is 8.16. The molecule has 0 spiro atoms. The molecule has 0 aliphatic carbocycles. The summed E-state index contributed by atoms with van der Waals surface area (Å²) in [6, 6.07) is 15.7. The zero-order valence-electron chi connectivity index (χ0n) is 13.5. The quantitative estimate of drug-likeness (QED) is 0.759. The van der Waals surface area contributed by atoms with Gasteiger partial charge in [-0.2, -0.15) is 0 Å². The van der Waals surface area contributed by atoms with Crippen molar-refractivity contribution in [2.75, 3.05) is 26.0 Å². The molecule has 0 bridgehead atoms. The topological polar surface area (TPSA) is 50.4 Å². The minimum atomic E-state index is 0. The molecule has 2 aromatic rings. The number of halogens is 1. The molecule has 0 atom stereocenters. The van der Waals surface area contributed by atoms with Crippen LogP contribution >= 0.6 is 12.4 Å². The van der Waals surface area contributed by atoms with Gasteiger partial charge in [-0.1, -0.05) is 30.3 Å². The summed E-state index contributed by atoms with van der Waals surface area (Å²) in [5, 5.41) is 5.98. The van der Waals surface area contributed by atoms with E-state index in [1.54, 1.807) is 7.11 Å². The Labute approximate surface area is 143 Å². The Bertz CT molecular complexity index is 632. The lowest BCUT2D eigenvalue weighted by molar-refractivity contribution is -0.116. The van der Waals surface area contributed by atoms with Crippen LogP contribution < -0.4 is 15.4 Å². The first-order chi connectivity index (χ1) is 10.7. The van der Waals surface area contributed by atoms with E-state index < -0.39 is 0 Å². The van der Waals surface area contributed by atoms with Crippen molar-refractivity contribution >= 4 is 24.0 Å². The minimum absolute atomic E-state index is 0. The van der Waals surface area contributed by atoms with Crippen LogP contribution in [0.25, 0.3) is 11.1 Å². The van der Waals surface area contributed by atoms with Crippen LogP contribution in [0.4, 0.5) is 5.69 Å². The van der Waals surface area contributed by atoms with Crippen molar-refractivity contribution in [3.05, 3.63) is 48.5 Å². The largest absolute Gasteiger partial charge is 0.496 e. The lowest BCUT2D eigenvalue weighted by Crippen LogP contribution is -2.15. The number of ether oxygens (including phenoxy) is 1. The molecule has 0 radical (unpaired) electrons. The fourth-order valence-corrected chi connectivity index (χ4v) is 2.30. The highest BCUT2D eigenvalue weighted by atomic mass is 35.5. The number of amides is 1. The van der Waals surface area contributed by atoms with Crippen LogP contribution in [-0.4, -0.2) is 26.6 Å². The van der Waals surface area contributed by atoms with Crippen LogP contribution in [0.2, 0.25) is 0 Å². The van der Waals surface area contributed by atoms with Gasteiger partial charge < -0.3 is 15.4 Å². The Morgan fingerprint density at radius 2 is 1.91 bits per heavy atom. The number of hydrogen-bond donors (Lipinski definition) is 2. The van der Waals surface area contributed by atoms with E-state index in [-0.39, 0.29) is 18.3 Å². The molecule has 2 N–H and O–H groups in total. The van der Waals surface area contributed by atoms with E-state index in [2.05, 4.69) is 10.6 Å². The van der Waals surface area contributed by atoms with E-state index in [1.165, 1.54) is 0 Å². The lowest BCUT2D eigenvalue weighted by atomic mass is 10.0. The highest BCUT2D eigenvalue weighted by Crippen LogP contribution is 2.30. The van der Waals surface area contributed by atoms with Crippen molar-refractivity contribution in [3.63, 3.8) is 0 Å². The molecule has 2 rings (SSSR count). The monoisotopic (exact) mass is 334 g/mol. The highest BCUT2D eigenvalue weighted by Gasteiger charge is 2.07. The molecular weight excluding hydrogens is 312 g/mol. The molecule has 0 saturated heterocycles. The number of methoxy groups -OCH3 is 1. The summed E-state index contributed by atoms with van der Waals surface area (Å²) in [6.45, 7) is 0.842. The first-order valence-corrected chi connectivity index (χ1v) is 7.42. The molecule has 0 aliphatic rings. The average Bonchev–Trinajstić information content (AvgIpc) is 2.55. The number of para-hydroxylation sites is 1. The molecule has 124 valence electrons. The summed E-state index contributed by atoms with van der Waals surface area (Å²) in [5.41, 5.74) is 2.83. The number of hydrogen-bond acceptors (Lipinski definition) is 3. The van der Waals surface area contributed by atoms with Crippen LogP contribution in [0, 0.1) is 0 Å². The molecule has 5 heteroatoms. The van der Waals surface area contributed by atoms with Crippen molar-refractivity contribution in [2.45, 2.75) is 12.8 Å². The Morgan fingerprint density at radius 3 is 2.65 bits per heavy atom. The Balaban J connectivity index is 0.00000264. The second kappa shape index (κ2) is 9.87. The van der Waals surface area contributed by atoms with Gasteiger partial charge in [0.25, 0.3) is 0 Å². The molecule has 0 aromatic heterocycles. The van der Waals surface area contributed by atoms with Crippen molar-refractivity contribution < 1.29 is 9.53 Å². The van der Waals surface area contributed by atoms with Gasteiger partial charge >= 0.3 is 0 Å². The molecule has 4 nitrogen and oxygen atoms in total. The highest BCUT2D eigenvalue weighted by molar-refractivity contribution is 5.91. The third-order valence-electron chi connectivity index (χ3n) is 3.39. The molecule has 23 heavy (non-hydrogen) atoms. The summed E-state index contributed by atoms with van der Waals surface area (Å²) in [7, 11) is 3.54. The van der Waals surface area contributed by atoms with E-state index in [9.17, 15) is 4.79 Å². The Hall–Kier alpha value is -2.04. The van der Waals surface area contributed by atoms with Crippen molar-refractivity contribution in [1.29, 1.82) is 0 Å². The van der Waals surface area contributed by atoms with Crippen molar-refractivity contribution in [1.82, 2.24) is 5.32 Å². The number of nitrogens with one attached hydrogen (secondary N) is 2. The van der Waals surface area contributed by atoms with Gasteiger partial charge in [0.15, 0.2) is 0 Å². The first kappa shape index (κ1) is 19.0. The normalized spacial score (nSPS) is 9.83. The van der Waals surface area contributed by atoms with Gasteiger partial charge in [0.1, 0.15) is 5.75 Å². The summed E-state index contributed by atoms with van der Waals surface area (Å²) >= 11 is 0. The number of anilines is 1. The number of carbonyl (C=O) groups excluding carboxylic acids is 1. The summed E-state index contributed by atoms with van der Waals surface area (Å²) in [6.07, 6.45) is 1.34. The predicted molar refractivity (Wildman–Crippen MR) is 97.5 cm³/mol. The molecule has 0 unspecified atom stereocenters. The molecular formula is C18H23ClN2O2. The van der Waals surface area contributed by atoms with Gasteiger partial charge in [-0.05, 0) is 43.8 Å². The maximum absolute atomic E-state index is 11.9. The molecule has 0 aliphatic heterocycles. The van der Waals surface area contributed by atoms with Gasteiger partial charge in [0.05, 0.1) is 7.11 Å². The van der Waals surface area contributed by atoms with Crippen LogP contribution in [0.1, 0.15) is 12.8 Å². The molecule has 1 amide bonds. The second-order valence-electron chi connectivity index (χ2n) is 5.04. The smallest absolute Gasteiger partial charge is 0.224 e. The fourth-order valence-electron chi connectivity index (χ4n) is 2.30. The van der Waals surface area contributed by atoms with Crippen molar-refractivity contribution in [3.8, 4) is 16.9 Å². The second-order valence-corrected chi connectivity index (χ2v) is 5.04. The van der Waals surface area contributed by atoms with E-state index >= 15 is 0 Å². The fraction of sp³-hybridized carbons (Fsp3) is 0.278. The van der Waals surface area contributed by atoms with Crippen LogP contribution in [0.3, 0.4) is 0 Å². The number of rotatable bonds is 7. The van der Waals surface area contributed by atoms with Gasteiger partial charge in [0, 0.05) is 17.7 Å². The van der Waals surface area contributed by atoms with E-state index in [4.69, 9.17) is 4.74 Å². The predicted octanol–water partition coefficient (Wildman–Crippen LogP) is 3.72. The number of benzene rings is 2. The van der Waals surface area contributed by atoms with E-state index in [0.717, 1.165) is 35.5 Å². The van der Waals surface area contributed by atoms with Crippen LogP contribution in [-0.2, 0) is 4.79 Å². The maximum atomic E-state index is 11.9. The minimum Gasteiger partial charge on any atom is -0.496 e. The molecule has 0 saturated carbocycles. The molecule has 2 aromatic carbocycles. The van der Waals surface area contributed by atoms with Gasteiger partial charge in [-0.3, -0.25) is 4.79 Å². The van der Waals surface area contributed by atoms with E-state index in [0.29, 0.717) is 6.42 Å². The third kappa shape index (κ3) is 5.58.